The fourth-order valence-electron chi connectivity index (χ4n) is 2.54. The van der Waals surface area contributed by atoms with E-state index < -0.39 is 5.97 Å². The minimum atomic E-state index is -0.905. The van der Waals surface area contributed by atoms with Gasteiger partial charge in [-0.15, -0.1) is 0 Å². The Hall–Kier alpha value is -1.49. The van der Waals surface area contributed by atoms with Gasteiger partial charge < -0.3 is 9.67 Å². The Labute approximate surface area is 129 Å². The highest BCUT2D eigenvalue weighted by atomic mass is 32.2. The normalized spacial score (nSPS) is 11.1. The van der Waals surface area contributed by atoms with Crippen molar-refractivity contribution in [2.24, 2.45) is 0 Å². The predicted octanol–water partition coefficient (Wildman–Crippen LogP) is 3.97. The molecule has 0 aliphatic carbocycles. The van der Waals surface area contributed by atoms with E-state index in [4.69, 9.17) is 5.11 Å². The molecule has 21 heavy (non-hydrogen) atoms. The molecule has 1 aromatic heterocycles. The predicted molar refractivity (Wildman–Crippen MR) is 88.3 cm³/mol. The second-order valence-electron chi connectivity index (χ2n) is 5.23. The second-order valence-corrected chi connectivity index (χ2v) is 6.21. The molecule has 0 fully saturated rings. The van der Waals surface area contributed by atoms with Crippen molar-refractivity contribution in [1.82, 2.24) is 9.55 Å². The van der Waals surface area contributed by atoms with Gasteiger partial charge in [-0.3, -0.25) is 0 Å². The Bertz CT molecular complexity index is 622. The van der Waals surface area contributed by atoms with Crippen LogP contribution in [-0.2, 0) is 6.54 Å². The lowest BCUT2D eigenvalue weighted by molar-refractivity contribution is 0.0697. The number of aromatic carboxylic acids is 1. The molecule has 0 saturated heterocycles. The number of carbonyl (C=O) groups is 1. The first-order valence-corrected chi connectivity index (χ1v) is 8.72. The van der Waals surface area contributed by atoms with Crippen LogP contribution in [0.15, 0.2) is 18.2 Å². The largest absolute Gasteiger partial charge is 0.478 e. The molecule has 0 aliphatic rings. The number of hydrogen-bond donors (Lipinski definition) is 1. The van der Waals surface area contributed by atoms with Gasteiger partial charge in [-0.2, -0.15) is 11.8 Å². The number of rotatable bonds is 8. The standard InChI is InChI=1S/C16H22N2O2S/c1-12-17-14-11-13(16(19)20)7-8-15(14)18(12)9-5-3-4-6-10-21-2/h7-8,11H,3-6,9-10H2,1-2H3,(H,19,20). The summed E-state index contributed by atoms with van der Waals surface area (Å²) in [4.78, 5) is 15.5. The summed E-state index contributed by atoms with van der Waals surface area (Å²) in [5, 5.41) is 9.03. The monoisotopic (exact) mass is 306 g/mol. The van der Waals surface area contributed by atoms with E-state index in [9.17, 15) is 4.79 Å². The maximum Gasteiger partial charge on any atom is 0.335 e. The minimum absolute atomic E-state index is 0.296. The number of hydrogen-bond acceptors (Lipinski definition) is 3. The van der Waals surface area contributed by atoms with Gasteiger partial charge in [0.25, 0.3) is 0 Å². The molecule has 1 aromatic carbocycles. The summed E-state index contributed by atoms with van der Waals surface area (Å²) >= 11 is 1.90. The van der Waals surface area contributed by atoms with E-state index in [2.05, 4.69) is 15.8 Å². The van der Waals surface area contributed by atoms with Gasteiger partial charge in [0.2, 0.25) is 0 Å². The van der Waals surface area contributed by atoms with Crippen LogP contribution in [0.4, 0.5) is 0 Å². The number of nitrogens with zero attached hydrogens (tertiary/aromatic N) is 2. The summed E-state index contributed by atoms with van der Waals surface area (Å²) in [5.74, 6) is 1.29. The third-order valence-electron chi connectivity index (χ3n) is 3.67. The molecule has 2 aromatic rings. The summed E-state index contributed by atoms with van der Waals surface area (Å²) in [7, 11) is 0. The molecular formula is C16H22N2O2S. The number of aryl methyl sites for hydroxylation is 2. The molecule has 0 bridgehead atoms. The zero-order valence-corrected chi connectivity index (χ0v) is 13.4. The van der Waals surface area contributed by atoms with Gasteiger partial charge in [0.05, 0.1) is 16.6 Å². The van der Waals surface area contributed by atoms with Crippen molar-refractivity contribution in [3.8, 4) is 0 Å². The van der Waals surface area contributed by atoms with E-state index in [1.54, 1.807) is 12.1 Å². The van der Waals surface area contributed by atoms with Crippen LogP contribution in [0.3, 0.4) is 0 Å². The molecule has 0 saturated carbocycles. The van der Waals surface area contributed by atoms with Crippen LogP contribution in [0.25, 0.3) is 11.0 Å². The summed E-state index contributed by atoms with van der Waals surface area (Å²) in [6, 6.07) is 5.17. The number of thioether (sulfide) groups is 1. The summed E-state index contributed by atoms with van der Waals surface area (Å²) in [5.41, 5.74) is 2.10. The number of unbranched alkanes of at least 4 members (excludes halogenated alkanes) is 3. The number of imidazole rings is 1. The molecule has 0 atom stereocenters. The van der Waals surface area contributed by atoms with Crippen molar-refractivity contribution >= 4 is 28.8 Å². The maximum atomic E-state index is 11.0. The van der Waals surface area contributed by atoms with E-state index in [1.807, 2.05) is 24.8 Å². The van der Waals surface area contributed by atoms with Crippen LogP contribution >= 0.6 is 11.8 Å². The first kappa shape index (κ1) is 15.9. The average molecular weight is 306 g/mol. The van der Waals surface area contributed by atoms with E-state index in [0.717, 1.165) is 29.8 Å². The highest BCUT2D eigenvalue weighted by Gasteiger charge is 2.10. The highest BCUT2D eigenvalue weighted by molar-refractivity contribution is 7.98. The lowest BCUT2D eigenvalue weighted by atomic mass is 10.2. The van der Waals surface area contributed by atoms with Gasteiger partial charge in [0.15, 0.2) is 0 Å². The number of aromatic nitrogens is 2. The van der Waals surface area contributed by atoms with Crippen molar-refractivity contribution in [2.75, 3.05) is 12.0 Å². The summed E-state index contributed by atoms with van der Waals surface area (Å²) < 4.78 is 2.19. The second kappa shape index (κ2) is 7.50. The van der Waals surface area contributed by atoms with Gasteiger partial charge in [-0.25, -0.2) is 9.78 Å². The van der Waals surface area contributed by atoms with Crippen molar-refractivity contribution in [3.63, 3.8) is 0 Å². The van der Waals surface area contributed by atoms with Crippen LogP contribution in [0.5, 0.6) is 0 Å². The van der Waals surface area contributed by atoms with Crippen molar-refractivity contribution in [3.05, 3.63) is 29.6 Å². The Morgan fingerprint density at radius 2 is 2.05 bits per heavy atom. The third kappa shape index (κ3) is 4.00. The smallest absolute Gasteiger partial charge is 0.335 e. The zero-order chi connectivity index (χ0) is 15.2. The lowest BCUT2D eigenvalue weighted by Crippen LogP contribution is -2.01. The molecule has 0 aliphatic heterocycles. The van der Waals surface area contributed by atoms with Gasteiger partial charge in [-0.1, -0.05) is 12.8 Å². The van der Waals surface area contributed by atoms with Crippen LogP contribution in [0.1, 0.15) is 41.9 Å². The quantitative estimate of drug-likeness (QED) is 0.750. The molecule has 4 nitrogen and oxygen atoms in total. The van der Waals surface area contributed by atoms with E-state index in [0.29, 0.717) is 5.56 Å². The first-order chi connectivity index (χ1) is 10.1. The van der Waals surface area contributed by atoms with Crippen LogP contribution in [0, 0.1) is 6.92 Å². The summed E-state index contributed by atoms with van der Waals surface area (Å²) in [6.45, 7) is 2.93. The SMILES string of the molecule is CSCCCCCCn1c(C)nc2cc(C(=O)O)ccc21. The van der Waals surface area contributed by atoms with Crippen molar-refractivity contribution in [1.29, 1.82) is 0 Å². The fourth-order valence-corrected chi connectivity index (χ4v) is 3.03. The number of carboxylic acid groups (broad SMARTS) is 1. The Morgan fingerprint density at radius 1 is 1.29 bits per heavy atom. The number of carboxylic acids is 1. The topological polar surface area (TPSA) is 55.1 Å². The Kier molecular flexibility index (Phi) is 5.67. The van der Waals surface area contributed by atoms with E-state index in [1.165, 1.54) is 25.0 Å². The molecular weight excluding hydrogens is 284 g/mol. The fraction of sp³-hybridized carbons (Fsp3) is 0.500. The maximum absolute atomic E-state index is 11.0. The van der Waals surface area contributed by atoms with Crippen LogP contribution in [-0.4, -0.2) is 32.6 Å². The Balaban J connectivity index is 2.03. The molecule has 0 radical (unpaired) electrons. The summed E-state index contributed by atoms with van der Waals surface area (Å²) in [6.07, 6.45) is 7.07. The molecule has 1 N–H and O–H groups in total. The lowest BCUT2D eigenvalue weighted by Gasteiger charge is -2.07. The van der Waals surface area contributed by atoms with Gasteiger partial charge in [-0.05, 0) is 50.0 Å². The highest BCUT2D eigenvalue weighted by Crippen LogP contribution is 2.19. The van der Waals surface area contributed by atoms with E-state index in [-0.39, 0.29) is 0 Å². The van der Waals surface area contributed by atoms with E-state index >= 15 is 0 Å². The zero-order valence-electron chi connectivity index (χ0n) is 12.6. The van der Waals surface area contributed by atoms with Gasteiger partial charge >= 0.3 is 5.97 Å². The van der Waals surface area contributed by atoms with Crippen LogP contribution in [0.2, 0.25) is 0 Å². The first-order valence-electron chi connectivity index (χ1n) is 7.32. The Morgan fingerprint density at radius 3 is 2.76 bits per heavy atom. The van der Waals surface area contributed by atoms with Crippen LogP contribution < -0.4 is 0 Å². The molecule has 0 unspecified atom stereocenters. The minimum Gasteiger partial charge on any atom is -0.478 e. The molecule has 5 heteroatoms. The number of benzene rings is 1. The third-order valence-corrected chi connectivity index (χ3v) is 4.36. The van der Waals surface area contributed by atoms with Gasteiger partial charge in [0.1, 0.15) is 5.82 Å². The van der Waals surface area contributed by atoms with Gasteiger partial charge in [0, 0.05) is 6.54 Å². The van der Waals surface area contributed by atoms with Crippen molar-refractivity contribution in [2.45, 2.75) is 39.2 Å². The van der Waals surface area contributed by atoms with Crippen molar-refractivity contribution < 1.29 is 9.90 Å². The number of fused-ring (bicyclic) bond motifs is 1. The molecule has 114 valence electrons. The average Bonchev–Trinajstić information content (AvgIpc) is 2.77. The molecule has 0 spiro atoms. The molecule has 1 heterocycles. The molecule has 2 rings (SSSR count). The molecule has 0 amide bonds.